The monoisotopic (exact) mass is 313 g/mol. The van der Waals surface area contributed by atoms with Crippen LogP contribution in [-0.4, -0.2) is 26.3 Å². The van der Waals surface area contributed by atoms with E-state index in [0.717, 1.165) is 22.4 Å². The number of ether oxygens (including phenoxy) is 2. The van der Waals surface area contributed by atoms with E-state index in [9.17, 15) is 0 Å². The molecule has 4 heteroatoms. The first-order chi connectivity index (χ1) is 8.48. The second-order valence-electron chi connectivity index (χ2n) is 5.30. The molecular weight excluding hydrogens is 294 g/mol. The van der Waals surface area contributed by atoms with Crippen LogP contribution in [0.5, 0.6) is 11.5 Å². The SMILES string of the molecule is CNC1CC(Oc2ccc(OC)cc2Br)C1(C)C. The van der Waals surface area contributed by atoms with Gasteiger partial charge in [0.25, 0.3) is 0 Å². The van der Waals surface area contributed by atoms with Gasteiger partial charge in [0.2, 0.25) is 0 Å². The van der Waals surface area contributed by atoms with Gasteiger partial charge in [-0.05, 0) is 41.2 Å². The zero-order valence-electron chi connectivity index (χ0n) is 11.3. The van der Waals surface area contributed by atoms with Crippen molar-refractivity contribution < 1.29 is 9.47 Å². The van der Waals surface area contributed by atoms with Crippen LogP contribution in [0.2, 0.25) is 0 Å². The van der Waals surface area contributed by atoms with Gasteiger partial charge < -0.3 is 14.8 Å². The van der Waals surface area contributed by atoms with Crippen LogP contribution >= 0.6 is 15.9 Å². The van der Waals surface area contributed by atoms with Gasteiger partial charge in [-0.15, -0.1) is 0 Å². The fraction of sp³-hybridized carbons (Fsp3) is 0.571. The molecule has 2 atom stereocenters. The van der Waals surface area contributed by atoms with Crippen molar-refractivity contribution >= 4 is 15.9 Å². The van der Waals surface area contributed by atoms with Gasteiger partial charge in [0.1, 0.15) is 17.6 Å². The van der Waals surface area contributed by atoms with Gasteiger partial charge in [-0.1, -0.05) is 13.8 Å². The van der Waals surface area contributed by atoms with E-state index in [1.165, 1.54) is 0 Å². The number of hydrogen-bond donors (Lipinski definition) is 1. The highest BCUT2D eigenvalue weighted by atomic mass is 79.9. The van der Waals surface area contributed by atoms with Crippen molar-refractivity contribution in [2.24, 2.45) is 5.41 Å². The van der Waals surface area contributed by atoms with Crippen LogP contribution in [0.25, 0.3) is 0 Å². The van der Waals surface area contributed by atoms with Crippen molar-refractivity contribution in [3.8, 4) is 11.5 Å². The van der Waals surface area contributed by atoms with Crippen LogP contribution < -0.4 is 14.8 Å². The molecular formula is C14H20BrNO2. The summed E-state index contributed by atoms with van der Waals surface area (Å²) in [5.74, 6) is 1.71. The average molecular weight is 314 g/mol. The molecule has 0 saturated heterocycles. The highest BCUT2D eigenvalue weighted by Gasteiger charge is 2.49. The minimum atomic E-state index is 0.161. The maximum absolute atomic E-state index is 6.09. The Labute approximate surface area is 117 Å². The number of halogens is 1. The van der Waals surface area contributed by atoms with Crippen molar-refractivity contribution in [1.29, 1.82) is 0 Å². The van der Waals surface area contributed by atoms with Gasteiger partial charge in [-0.25, -0.2) is 0 Å². The second-order valence-corrected chi connectivity index (χ2v) is 6.16. The average Bonchev–Trinajstić information content (AvgIpc) is 2.35. The van der Waals surface area contributed by atoms with Crippen LogP contribution in [0.3, 0.4) is 0 Å². The molecule has 0 radical (unpaired) electrons. The molecule has 1 aromatic carbocycles. The summed E-state index contributed by atoms with van der Waals surface area (Å²) in [4.78, 5) is 0. The zero-order chi connectivity index (χ0) is 13.3. The third kappa shape index (κ3) is 2.36. The summed E-state index contributed by atoms with van der Waals surface area (Å²) in [5, 5.41) is 3.33. The molecule has 0 spiro atoms. The first kappa shape index (κ1) is 13.7. The zero-order valence-corrected chi connectivity index (χ0v) is 12.9. The van der Waals surface area contributed by atoms with Gasteiger partial charge in [0, 0.05) is 17.9 Å². The molecule has 2 unspecified atom stereocenters. The molecule has 0 aliphatic heterocycles. The molecule has 0 bridgehead atoms. The second kappa shape index (κ2) is 5.10. The minimum absolute atomic E-state index is 0.161. The van der Waals surface area contributed by atoms with Crippen molar-refractivity contribution in [2.75, 3.05) is 14.2 Å². The molecule has 0 aromatic heterocycles. The van der Waals surface area contributed by atoms with Crippen molar-refractivity contribution in [3.63, 3.8) is 0 Å². The van der Waals surface area contributed by atoms with Crippen molar-refractivity contribution in [3.05, 3.63) is 22.7 Å². The number of methoxy groups -OCH3 is 1. The summed E-state index contributed by atoms with van der Waals surface area (Å²) in [6, 6.07) is 6.32. The highest BCUT2D eigenvalue weighted by molar-refractivity contribution is 9.10. The lowest BCUT2D eigenvalue weighted by atomic mass is 9.64. The Balaban J connectivity index is 2.07. The summed E-state index contributed by atoms with van der Waals surface area (Å²) in [5.41, 5.74) is 0.161. The van der Waals surface area contributed by atoms with Crippen LogP contribution in [-0.2, 0) is 0 Å². The Morgan fingerprint density at radius 3 is 2.61 bits per heavy atom. The fourth-order valence-corrected chi connectivity index (χ4v) is 2.88. The smallest absolute Gasteiger partial charge is 0.134 e. The predicted octanol–water partition coefficient (Wildman–Crippen LogP) is 3.22. The van der Waals surface area contributed by atoms with E-state index in [0.29, 0.717) is 6.04 Å². The normalized spacial score (nSPS) is 25.4. The molecule has 1 aliphatic carbocycles. The van der Waals surface area contributed by atoms with Gasteiger partial charge >= 0.3 is 0 Å². The van der Waals surface area contributed by atoms with E-state index in [1.54, 1.807) is 7.11 Å². The quantitative estimate of drug-likeness (QED) is 0.925. The van der Waals surface area contributed by atoms with Gasteiger partial charge in [-0.3, -0.25) is 0 Å². The summed E-state index contributed by atoms with van der Waals surface area (Å²) >= 11 is 3.52. The largest absolute Gasteiger partial charge is 0.497 e. The lowest BCUT2D eigenvalue weighted by molar-refractivity contribution is -0.0524. The molecule has 0 heterocycles. The Morgan fingerprint density at radius 1 is 1.39 bits per heavy atom. The maximum atomic E-state index is 6.09. The molecule has 100 valence electrons. The van der Waals surface area contributed by atoms with Gasteiger partial charge in [0.15, 0.2) is 0 Å². The van der Waals surface area contributed by atoms with Crippen LogP contribution in [0, 0.1) is 5.41 Å². The summed E-state index contributed by atoms with van der Waals surface area (Å²) in [6.45, 7) is 4.47. The topological polar surface area (TPSA) is 30.5 Å². The Bertz CT molecular complexity index is 434. The van der Waals surface area contributed by atoms with E-state index in [4.69, 9.17) is 9.47 Å². The van der Waals surface area contributed by atoms with E-state index >= 15 is 0 Å². The van der Waals surface area contributed by atoms with Gasteiger partial charge in [0.05, 0.1) is 11.6 Å². The van der Waals surface area contributed by atoms with E-state index in [2.05, 4.69) is 35.1 Å². The Morgan fingerprint density at radius 2 is 2.11 bits per heavy atom. The number of hydrogen-bond acceptors (Lipinski definition) is 3. The first-order valence-corrected chi connectivity index (χ1v) is 6.95. The molecule has 1 N–H and O–H groups in total. The predicted molar refractivity (Wildman–Crippen MR) is 76.4 cm³/mol. The Hall–Kier alpha value is -0.740. The Kier molecular flexibility index (Phi) is 3.87. The molecule has 1 aliphatic rings. The maximum Gasteiger partial charge on any atom is 0.134 e. The van der Waals surface area contributed by atoms with E-state index in [1.807, 2.05) is 25.2 Å². The first-order valence-electron chi connectivity index (χ1n) is 6.16. The number of rotatable bonds is 4. The number of benzene rings is 1. The van der Waals surface area contributed by atoms with E-state index in [-0.39, 0.29) is 11.5 Å². The van der Waals surface area contributed by atoms with Crippen LogP contribution in [0.15, 0.2) is 22.7 Å². The molecule has 1 fully saturated rings. The van der Waals surface area contributed by atoms with Crippen LogP contribution in [0.1, 0.15) is 20.3 Å². The molecule has 0 amide bonds. The minimum Gasteiger partial charge on any atom is -0.497 e. The molecule has 1 saturated carbocycles. The third-order valence-corrected chi connectivity index (χ3v) is 4.55. The summed E-state index contributed by atoms with van der Waals surface area (Å²) in [7, 11) is 3.67. The summed E-state index contributed by atoms with van der Waals surface area (Å²) in [6.07, 6.45) is 1.29. The lowest BCUT2D eigenvalue weighted by Gasteiger charge is -2.51. The highest BCUT2D eigenvalue weighted by Crippen LogP contribution is 2.44. The molecule has 2 rings (SSSR count). The third-order valence-electron chi connectivity index (χ3n) is 3.93. The van der Waals surface area contributed by atoms with Crippen molar-refractivity contribution in [1.82, 2.24) is 5.32 Å². The van der Waals surface area contributed by atoms with Gasteiger partial charge in [-0.2, -0.15) is 0 Å². The summed E-state index contributed by atoms with van der Waals surface area (Å²) < 4.78 is 12.2. The standard InChI is InChI=1S/C14H20BrNO2/c1-14(2)12(16-3)8-13(14)18-11-6-5-9(17-4)7-10(11)15/h5-7,12-13,16H,8H2,1-4H3. The van der Waals surface area contributed by atoms with Crippen molar-refractivity contribution in [2.45, 2.75) is 32.4 Å². The fourth-order valence-electron chi connectivity index (χ4n) is 2.43. The lowest BCUT2D eigenvalue weighted by Crippen LogP contribution is -2.61. The van der Waals surface area contributed by atoms with E-state index < -0.39 is 0 Å². The molecule has 1 aromatic rings. The molecule has 3 nitrogen and oxygen atoms in total. The molecule has 18 heavy (non-hydrogen) atoms. The van der Waals surface area contributed by atoms with Crippen LogP contribution in [0.4, 0.5) is 0 Å². The number of nitrogens with one attached hydrogen (secondary N) is 1.